The zero-order valence-electron chi connectivity index (χ0n) is 14.8. The van der Waals surface area contributed by atoms with E-state index in [0.717, 1.165) is 12.3 Å². The Bertz CT molecular complexity index is 731. The Hall–Kier alpha value is -1.58. The van der Waals surface area contributed by atoms with Gasteiger partial charge in [-0.1, -0.05) is 51.1 Å². The van der Waals surface area contributed by atoms with Crippen molar-refractivity contribution >= 4 is 14.0 Å². The first kappa shape index (κ1) is 16.3. The number of nitrogens with two attached hydrogens (primary N) is 1. The Labute approximate surface area is 140 Å². The molecule has 0 heterocycles. The summed E-state index contributed by atoms with van der Waals surface area (Å²) in [5.41, 5.74) is 12.2. The molecule has 1 atom stereocenters. The molecule has 0 aromatic heterocycles. The number of nitrogen functional groups attached to an aromatic ring is 1. The molecule has 0 saturated heterocycles. The van der Waals surface area contributed by atoms with Crippen molar-refractivity contribution in [3.8, 4) is 11.1 Å². The monoisotopic (exact) mass is 325 g/mol. The van der Waals surface area contributed by atoms with E-state index in [0.29, 0.717) is 5.92 Å². The quantitative estimate of drug-likeness (QED) is 0.605. The van der Waals surface area contributed by atoms with Gasteiger partial charge >= 0.3 is 0 Å². The van der Waals surface area contributed by atoms with Crippen LogP contribution in [0.25, 0.3) is 11.1 Å². The Morgan fingerprint density at radius 1 is 1.00 bits per heavy atom. The van der Waals surface area contributed by atoms with Crippen LogP contribution >= 0.6 is 0 Å². The Morgan fingerprint density at radius 3 is 2.35 bits per heavy atom. The predicted molar refractivity (Wildman–Crippen MR) is 101 cm³/mol. The summed E-state index contributed by atoms with van der Waals surface area (Å²) in [6.07, 6.45) is 0. The second kappa shape index (κ2) is 5.50. The summed E-state index contributed by atoms with van der Waals surface area (Å²) in [6, 6.07) is 14.9. The van der Waals surface area contributed by atoms with E-state index in [9.17, 15) is 0 Å². The summed E-state index contributed by atoms with van der Waals surface area (Å²) < 4.78 is 6.53. The van der Waals surface area contributed by atoms with Gasteiger partial charge in [-0.15, -0.1) is 0 Å². The van der Waals surface area contributed by atoms with Crippen molar-refractivity contribution in [3.05, 3.63) is 53.6 Å². The minimum Gasteiger partial charge on any atom is -0.416 e. The first-order valence-corrected chi connectivity index (χ1v) is 11.2. The van der Waals surface area contributed by atoms with E-state index in [2.05, 4.69) is 70.3 Å². The molecule has 2 aromatic carbocycles. The molecule has 1 aliphatic rings. The maximum Gasteiger partial charge on any atom is 0.192 e. The summed E-state index contributed by atoms with van der Waals surface area (Å²) >= 11 is 0. The molecule has 0 spiro atoms. The molecule has 3 heteroatoms. The Balaban J connectivity index is 1.95. The van der Waals surface area contributed by atoms with Gasteiger partial charge in [0.1, 0.15) is 0 Å². The van der Waals surface area contributed by atoms with Gasteiger partial charge in [0.05, 0.1) is 0 Å². The first-order valence-electron chi connectivity index (χ1n) is 8.33. The fourth-order valence-corrected chi connectivity index (χ4v) is 4.03. The third-order valence-electron chi connectivity index (χ3n) is 5.49. The average Bonchev–Trinajstić information content (AvgIpc) is 2.77. The van der Waals surface area contributed by atoms with Crippen LogP contribution in [0.2, 0.25) is 18.1 Å². The number of anilines is 1. The lowest BCUT2D eigenvalue weighted by atomic mass is 9.98. The van der Waals surface area contributed by atoms with Gasteiger partial charge in [-0.2, -0.15) is 0 Å². The van der Waals surface area contributed by atoms with Crippen LogP contribution in [0, 0.1) is 0 Å². The molecule has 0 fully saturated rings. The van der Waals surface area contributed by atoms with Gasteiger partial charge < -0.3 is 10.2 Å². The van der Waals surface area contributed by atoms with Crippen molar-refractivity contribution in [2.75, 3.05) is 12.3 Å². The molecule has 0 aliphatic heterocycles. The highest BCUT2D eigenvalue weighted by molar-refractivity contribution is 6.74. The maximum absolute atomic E-state index is 6.53. The second-order valence-electron chi connectivity index (χ2n) is 8.06. The highest BCUT2D eigenvalue weighted by Gasteiger charge is 2.39. The molecule has 1 aliphatic carbocycles. The molecule has 2 aromatic rings. The van der Waals surface area contributed by atoms with Crippen LogP contribution in [0.4, 0.5) is 5.69 Å². The molecule has 0 radical (unpaired) electrons. The molecule has 23 heavy (non-hydrogen) atoms. The molecule has 0 amide bonds. The Kier molecular flexibility index (Phi) is 3.89. The smallest absolute Gasteiger partial charge is 0.192 e. The van der Waals surface area contributed by atoms with Crippen LogP contribution in [0.5, 0.6) is 0 Å². The lowest BCUT2D eigenvalue weighted by molar-refractivity contribution is 0.277. The molecule has 122 valence electrons. The number of hydrogen-bond donors (Lipinski definition) is 1. The minimum atomic E-state index is -1.76. The molecular weight excluding hydrogens is 298 g/mol. The van der Waals surface area contributed by atoms with E-state index >= 15 is 0 Å². The van der Waals surface area contributed by atoms with Crippen molar-refractivity contribution < 1.29 is 4.43 Å². The van der Waals surface area contributed by atoms with E-state index < -0.39 is 8.32 Å². The van der Waals surface area contributed by atoms with Crippen LogP contribution in [-0.4, -0.2) is 14.9 Å². The van der Waals surface area contributed by atoms with E-state index in [-0.39, 0.29) is 5.04 Å². The average molecular weight is 326 g/mol. The van der Waals surface area contributed by atoms with Crippen LogP contribution in [0.3, 0.4) is 0 Å². The second-order valence-corrected chi connectivity index (χ2v) is 12.9. The van der Waals surface area contributed by atoms with E-state index in [4.69, 9.17) is 10.2 Å². The number of fused-ring (bicyclic) bond motifs is 3. The molecule has 2 nitrogen and oxygen atoms in total. The lowest BCUT2D eigenvalue weighted by Gasteiger charge is -2.37. The standard InChI is InChI=1S/C20H27NOSi/c1-20(2,3)23(4,5)22-13-19-16-9-7-6-8-15(16)17-11-10-14(21)12-18(17)19/h6-12,19H,13,21H2,1-5H3/t19-/m1/s1. The molecule has 0 bridgehead atoms. The molecule has 0 saturated carbocycles. The predicted octanol–water partition coefficient (Wildman–Crippen LogP) is 5.40. The van der Waals surface area contributed by atoms with Gasteiger partial charge in [0.2, 0.25) is 0 Å². The fourth-order valence-electron chi connectivity index (χ4n) is 3.02. The van der Waals surface area contributed by atoms with E-state index in [1.165, 1.54) is 22.3 Å². The minimum absolute atomic E-state index is 0.226. The topological polar surface area (TPSA) is 35.2 Å². The van der Waals surface area contributed by atoms with Crippen LogP contribution < -0.4 is 5.73 Å². The SMILES string of the molecule is CC(C)(C)[Si](C)(C)OC[C@@H]1c2ccccc2-c2ccc(N)cc21. The van der Waals surface area contributed by atoms with Gasteiger partial charge in [-0.3, -0.25) is 0 Å². The summed E-state index contributed by atoms with van der Waals surface area (Å²) in [6.45, 7) is 12.2. The third kappa shape index (κ3) is 2.84. The molecule has 3 rings (SSSR count). The van der Waals surface area contributed by atoms with Crippen LogP contribution in [-0.2, 0) is 4.43 Å². The summed E-state index contributed by atoms with van der Waals surface area (Å²) in [7, 11) is -1.76. The third-order valence-corrected chi connectivity index (χ3v) is 10.00. The number of benzene rings is 2. The van der Waals surface area contributed by atoms with E-state index in [1.54, 1.807) is 0 Å². The molecular formula is C20H27NOSi. The van der Waals surface area contributed by atoms with Gasteiger partial charge in [0.25, 0.3) is 0 Å². The zero-order valence-corrected chi connectivity index (χ0v) is 15.8. The van der Waals surface area contributed by atoms with Crippen LogP contribution in [0.15, 0.2) is 42.5 Å². The van der Waals surface area contributed by atoms with Crippen molar-refractivity contribution in [3.63, 3.8) is 0 Å². The molecule has 2 N–H and O–H groups in total. The largest absolute Gasteiger partial charge is 0.416 e. The zero-order chi connectivity index (χ0) is 16.8. The number of hydrogen-bond acceptors (Lipinski definition) is 2. The molecule has 0 unspecified atom stereocenters. The van der Waals surface area contributed by atoms with Crippen molar-refractivity contribution in [1.29, 1.82) is 0 Å². The lowest BCUT2D eigenvalue weighted by Crippen LogP contribution is -2.41. The van der Waals surface area contributed by atoms with Gasteiger partial charge in [0.15, 0.2) is 8.32 Å². The van der Waals surface area contributed by atoms with Gasteiger partial charge in [0, 0.05) is 18.2 Å². The van der Waals surface area contributed by atoms with Crippen molar-refractivity contribution in [1.82, 2.24) is 0 Å². The Morgan fingerprint density at radius 2 is 1.65 bits per heavy atom. The first-order chi connectivity index (χ1) is 10.7. The highest BCUT2D eigenvalue weighted by atomic mass is 28.4. The van der Waals surface area contributed by atoms with Crippen LogP contribution in [0.1, 0.15) is 37.8 Å². The highest BCUT2D eigenvalue weighted by Crippen LogP contribution is 2.46. The maximum atomic E-state index is 6.53. The summed E-state index contributed by atoms with van der Waals surface area (Å²) in [4.78, 5) is 0. The summed E-state index contributed by atoms with van der Waals surface area (Å²) in [5.74, 6) is 0.291. The summed E-state index contributed by atoms with van der Waals surface area (Å²) in [5, 5.41) is 0.226. The normalized spacial score (nSPS) is 17.0. The van der Waals surface area contributed by atoms with Gasteiger partial charge in [-0.25, -0.2) is 0 Å². The van der Waals surface area contributed by atoms with Crippen molar-refractivity contribution in [2.45, 2.75) is 44.8 Å². The van der Waals surface area contributed by atoms with E-state index in [1.807, 2.05) is 6.07 Å². The fraction of sp³-hybridized carbons (Fsp3) is 0.400. The van der Waals surface area contributed by atoms with Crippen molar-refractivity contribution in [2.24, 2.45) is 0 Å². The number of rotatable bonds is 3. The van der Waals surface area contributed by atoms with Gasteiger partial charge in [-0.05, 0) is 52.5 Å².